The lowest BCUT2D eigenvalue weighted by molar-refractivity contribution is -0.118. The second-order valence-corrected chi connectivity index (χ2v) is 5.57. The Morgan fingerprint density at radius 3 is 2.57 bits per heavy atom. The Morgan fingerprint density at radius 1 is 1.14 bits per heavy atom. The molecule has 2 rings (SSSR count). The zero-order valence-electron chi connectivity index (χ0n) is 11.9. The minimum atomic E-state index is -0.0751. The van der Waals surface area contributed by atoms with Crippen LogP contribution in [-0.2, 0) is 4.79 Å². The number of anilines is 1. The fourth-order valence-corrected chi connectivity index (χ4v) is 2.54. The molecule has 0 radical (unpaired) electrons. The summed E-state index contributed by atoms with van der Waals surface area (Å²) in [5.41, 5.74) is 0.880. The predicted molar refractivity (Wildman–Crippen MR) is 85.7 cm³/mol. The molecule has 0 unspecified atom stereocenters. The molecule has 0 fully saturated rings. The number of thiophene rings is 1. The molecule has 5 heteroatoms. The minimum Gasteiger partial charge on any atom is -0.351 e. The molecule has 0 spiro atoms. The minimum absolute atomic E-state index is 0.0478. The quantitative estimate of drug-likeness (QED) is 0.834. The number of carbonyl (C=O) groups is 2. The molecule has 21 heavy (non-hydrogen) atoms. The van der Waals surface area contributed by atoms with Crippen molar-refractivity contribution in [2.75, 3.05) is 18.5 Å². The monoisotopic (exact) mass is 302 g/mol. The van der Waals surface area contributed by atoms with E-state index in [2.05, 4.69) is 5.32 Å². The smallest absolute Gasteiger partial charge is 0.261 e. The van der Waals surface area contributed by atoms with Crippen LogP contribution in [0.2, 0.25) is 0 Å². The normalized spacial score (nSPS) is 10.1. The topological polar surface area (TPSA) is 49.4 Å². The molecule has 110 valence electrons. The van der Waals surface area contributed by atoms with E-state index in [-0.39, 0.29) is 11.8 Å². The average Bonchev–Trinajstić information content (AvgIpc) is 3.05. The molecule has 1 aromatic carbocycles. The van der Waals surface area contributed by atoms with Gasteiger partial charge in [0.05, 0.1) is 4.88 Å². The number of benzene rings is 1. The van der Waals surface area contributed by atoms with Gasteiger partial charge in [-0.15, -0.1) is 11.3 Å². The van der Waals surface area contributed by atoms with Crippen molar-refractivity contribution >= 4 is 28.8 Å². The average molecular weight is 302 g/mol. The van der Waals surface area contributed by atoms with Crippen LogP contribution in [0, 0.1) is 0 Å². The highest BCUT2D eigenvalue weighted by Crippen LogP contribution is 2.12. The number of nitrogens with zero attached hydrogens (tertiary/aromatic N) is 1. The first-order valence-corrected chi connectivity index (χ1v) is 7.70. The van der Waals surface area contributed by atoms with E-state index >= 15 is 0 Å². The third kappa shape index (κ3) is 4.43. The lowest BCUT2D eigenvalue weighted by atomic mass is 10.2. The molecule has 1 aromatic heterocycles. The largest absolute Gasteiger partial charge is 0.351 e. The fraction of sp³-hybridized carbons (Fsp3) is 0.250. The van der Waals surface area contributed by atoms with E-state index in [0.29, 0.717) is 24.3 Å². The van der Waals surface area contributed by atoms with Gasteiger partial charge in [0.25, 0.3) is 5.91 Å². The number of hydrogen-bond acceptors (Lipinski definition) is 3. The first-order chi connectivity index (χ1) is 10.2. The van der Waals surface area contributed by atoms with Gasteiger partial charge in [0.15, 0.2) is 0 Å². The van der Waals surface area contributed by atoms with Crippen LogP contribution in [0.15, 0.2) is 47.8 Å². The van der Waals surface area contributed by atoms with Gasteiger partial charge >= 0.3 is 0 Å². The standard InChI is InChI=1S/C16H18N2O2S/c1-18(13-7-3-2-4-8-13)15(19)10-5-11-17-16(20)14-9-6-12-21-14/h2-4,6-9,12H,5,10-11H2,1H3,(H,17,20). The summed E-state index contributed by atoms with van der Waals surface area (Å²) in [4.78, 5) is 26.1. The van der Waals surface area contributed by atoms with Crippen LogP contribution in [0.1, 0.15) is 22.5 Å². The van der Waals surface area contributed by atoms with Gasteiger partial charge in [-0.25, -0.2) is 0 Å². The highest BCUT2D eigenvalue weighted by atomic mass is 32.1. The Morgan fingerprint density at radius 2 is 1.90 bits per heavy atom. The van der Waals surface area contributed by atoms with Crippen molar-refractivity contribution in [2.24, 2.45) is 0 Å². The van der Waals surface area contributed by atoms with Crippen LogP contribution in [0.25, 0.3) is 0 Å². The maximum atomic E-state index is 12.0. The molecule has 0 aliphatic heterocycles. The number of hydrogen-bond donors (Lipinski definition) is 1. The summed E-state index contributed by atoms with van der Waals surface area (Å²) in [5.74, 6) is -0.0274. The molecule has 0 saturated carbocycles. The summed E-state index contributed by atoms with van der Waals surface area (Å²) in [7, 11) is 1.77. The highest BCUT2D eigenvalue weighted by Gasteiger charge is 2.10. The first-order valence-electron chi connectivity index (χ1n) is 6.82. The first kappa shape index (κ1) is 15.3. The second-order valence-electron chi connectivity index (χ2n) is 4.63. The molecule has 0 bridgehead atoms. The molecule has 0 saturated heterocycles. The van der Waals surface area contributed by atoms with Crippen LogP contribution < -0.4 is 10.2 Å². The lowest BCUT2D eigenvalue weighted by Crippen LogP contribution is -2.28. The molecule has 1 heterocycles. The maximum absolute atomic E-state index is 12.0. The number of amides is 2. The fourth-order valence-electron chi connectivity index (χ4n) is 1.90. The van der Waals surface area contributed by atoms with Crippen molar-refractivity contribution in [3.05, 3.63) is 52.7 Å². The van der Waals surface area contributed by atoms with Crippen molar-refractivity contribution in [3.8, 4) is 0 Å². The van der Waals surface area contributed by atoms with E-state index in [9.17, 15) is 9.59 Å². The number of nitrogens with one attached hydrogen (secondary N) is 1. The molecule has 1 N–H and O–H groups in total. The van der Waals surface area contributed by atoms with E-state index in [4.69, 9.17) is 0 Å². The van der Waals surface area contributed by atoms with E-state index in [1.54, 1.807) is 18.0 Å². The van der Waals surface area contributed by atoms with E-state index < -0.39 is 0 Å². The van der Waals surface area contributed by atoms with Crippen LogP contribution >= 0.6 is 11.3 Å². The third-order valence-corrected chi connectivity index (χ3v) is 3.98. The van der Waals surface area contributed by atoms with Crippen molar-refractivity contribution in [3.63, 3.8) is 0 Å². The van der Waals surface area contributed by atoms with Crippen molar-refractivity contribution in [1.82, 2.24) is 5.32 Å². The Hall–Kier alpha value is -2.14. The Kier molecular flexibility index (Phi) is 5.51. The van der Waals surface area contributed by atoms with E-state index in [0.717, 1.165) is 5.69 Å². The molecule has 2 aromatic rings. The van der Waals surface area contributed by atoms with Crippen molar-refractivity contribution < 1.29 is 9.59 Å². The van der Waals surface area contributed by atoms with Crippen molar-refractivity contribution in [1.29, 1.82) is 0 Å². The Bertz CT molecular complexity index is 582. The summed E-state index contributed by atoms with van der Waals surface area (Å²) in [6, 6.07) is 13.2. The summed E-state index contributed by atoms with van der Waals surface area (Å²) in [5, 5.41) is 4.69. The van der Waals surface area contributed by atoms with Crippen molar-refractivity contribution in [2.45, 2.75) is 12.8 Å². The Labute approximate surface area is 128 Å². The third-order valence-electron chi connectivity index (χ3n) is 3.12. The zero-order chi connectivity index (χ0) is 15.1. The molecule has 4 nitrogen and oxygen atoms in total. The summed E-state index contributed by atoms with van der Waals surface area (Å²) < 4.78 is 0. The molecule has 0 aliphatic carbocycles. The maximum Gasteiger partial charge on any atom is 0.261 e. The summed E-state index contributed by atoms with van der Waals surface area (Å²) >= 11 is 1.41. The predicted octanol–water partition coefficient (Wildman–Crippen LogP) is 2.92. The molecular weight excluding hydrogens is 284 g/mol. The molecule has 0 atom stereocenters. The van der Waals surface area contributed by atoms with Gasteiger partial charge in [-0.3, -0.25) is 9.59 Å². The van der Waals surface area contributed by atoms with E-state index in [1.165, 1.54) is 11.3 Å². The molecular formula is C16H18N2O2S. The number of rotatable bonds is 6. The lowest BCUT2D eigenvalue weighted by Gasteiger charge is -2.17. The van der Waals surface area contributed by atoms with Gasteiger partial charge in [0.2, 0.25) is 5.91 Å². The number of para-hydroxylation sites is 1. The van der Waals surface area contributed by atoms with Gasteiger partial charge in [0, 0.05) is 25.7 Å². The van der Waals surface area contributed by atoms with E-state index in [1.807, 2.05) is 41.8 Å². The Balaban J connectivity index is 1.71. The molecule has 0 aliphatic rings. The van der Waals surface area contributed by atoms with Gasteiger partial charge in [-0.2, -0.15) is 0 Å². The van der Waals surface area contributed by atoms with Crippen LogP contribution in [0.4, 0.5) is 5.69 Å². The SMILES string of the molecule is CN(C(=O)CCCNC(=O)c1cccs1)c1ccccc1. The second kappa shape index (κ2) is 7.59. The van der Waals surface area contributed by atoms with Gasteiger partial charge < -0.3 is 10.2 Å². The van der Waals surface area contributed by atoms with Gasteiger partial charge in [0.1, 0.15) is 0 Å². The number of carbonyl (C=O) groups excluding carboxylic acids is 2. The van der Waals surface area contributed by atoms with Crippen LogP contribution in [0.5, 0.6) is 0 Å². The zero-order valence-corrected chi connectivity index (χ0v) is 12.7. The van der Waals surface area contributed by atoms with Crippen LogP contribution in [-0.4, -0.2) is 25.4 Å². The molecule has 2 amide bonds. The highest BCUT2D eigenvalue weighted by molar-refractivity contribution is 7.12. The summed E-state index contributed by atoms with van der Waals surface area (Å²) in [6.07, 6.45) is 1.04. The summed E-state index contributed by atoms with van der Waals surface area (Å²) in [6.45, 7) is 0.505. The van der Waals surface area contributed by atoms with Gasteiger partial charge in [-0.05, 0) is 30.0 Å². The van der Waals surface area contributed by atoms with Gasteiger partial charge in [-0.1, -0.05) is 24.3 Å². The van der Waals surface area contributed by atoms with Crippen LogP contribution in [0.3, 0.4) is 0 Å².